The SMILES string of the molecule is COc1ccc(C(CNC(=O)COCc2ccccc2)N2CCCC2)cc1. The summed E-state index contributed by atoms with van der Waals surface area (Å²) in [6, 6.07) is 18.2. The molecule has 0 saturated carbocycles. The zero-order chi connectivity index (χ0) is 18.9. The smallest absolute Gasteiger partial charge is 0.246 e. The summed E-state index contributed by atoms with van der Waals surface area (Å²) < 4.78 is 10.8. The Balaban J connectivity index is 1.51. The number of hydrogen-bond acceptors (Lipinski definition) is 4. The molecule has 5 heteroatoms. The molecule has 0 radical (unpaired) electrons. The second kappa shape index (κ2) is 10.1. The van der Waals surface area contributed by atoms with Gasteiger partial charge in [-0.05, 0) is 49.2 Å². The Morgan fingerprint density at radius 3 is 2.44 bits per heavy atom. The number of methoxy groups -OCH3 is 1. The molecule has 1 atom stereocenters. The Morgan fingerprint density at radius 1 is 1.07 bits per heavy atom. The number of carbonyl (C=O) groups is 1. The van der Waals surface area contributed by atoms with E-state index in [1.54, 1.807) is 7.11 Å². The molecule has 0 aliphatic carbocycles. The monoisotopic (exact) mass is 368 g/mol. The van der Waals surface area contributed by atoms with Crippen LogP contribution in [0.4, 0.5) is 0 Å². The summed E-state index contributed by atoms with van der Waals surface area (Å²) in [5, 5.41) is 3.04. The Bertz CT molecular complexity index is 697. The molecule has 0 bridgehead atoms. The fourth-order valence-corrected chi connectivity index (χ4v) is 3.43. The van der Waals surface area contributed by atoms with E-state index in [1.807, 2.05) is 42.5 Å². The molecule has 2 aromatic rings. The van der Waals surface area contributed by atoms with Crippen LogP contribution >= 0.6 is 0 Å². The lowest BCUT2D eigenvalue weighted by Crippen LogP contribution is -2.38. The summed E-state index contributed by atoms with van der Waals surface area (Å²) in [7, 11) is 1.67. The zero-order valence-electron chi connectivity index (χ0n) is 15.9. The van der Waals surface area contributed by atoms with E-state index in [9.17, 15) is 4.79 Å². The number of benzene rings is 2. The number of hydrogen-bond donors (Lipinski definition) is 1. The third-order valence-corrected chi connectivity index (χ3v) is 4.92. The van der Waals surface area contributed by atoms with Crippen LogP contribution in [0.2, 0.25) is 0 Å². The largest absolute Gasteiger partial charge is 0.497 e. The van der Waals surface area contributed by atoms with Crippen molar-refractivity contribution >= 4 is 5.91 Å². The van der Waals surface area contributed by atoms with E-state index in [1.165, 1.54) is 18.4 Å². The van der Waals surface area contributed by atoms with Gasteiger partial charge in [-0.25, -0.2) is 0 Å². The van der Waals surface area contributed by atoms with Crippen LogP contribution in [0.25, 0.3) is 0 Å². The average molecular weight is 368 g/mol. The zero-order valence-corrected chi connectivity index (χ0v) is 15.9. The Hall–Kier alpha value is -2.37. The fraction of sp³-hybridized carbons (Fsp3) is 0.409. The summed E-state index contributed by atoms with van der Waals surface area (Å²) >= 11 is 0. The molecular formula is C22H28N2O3. The van der Waals surface area contributed by atoms with Crippen molar-refractivity contribution in [3.63, 3.8) is 0 Å². The van der Waals surface area contributed by atoms with Crippen molar-refractivity contribution in [1.29, 1.82) is 0 Å². The van der Waals surface area contributed by atoms with E-state index >= 15 is 0 Å². The van der Waals surface area contributed by atoms with E-state index in [4.69, 9.17) is 9.47 Å². The number of likely N-dealkylation sites (tertiary alicyclic amines) is 1. The van der Waals surface area contributed by atoms with E-state index < -0.39 is 0 Å². The molecule has 1 unspecified atom stereocenters. The maximum Gasteiger partial charge on any atom is 0.246 e. The topological polar surface area (TPSA) is 50.8 Å². The van der Waals surface area contributed by atoms with Gasteiger partial charge in [-0.1, -0.05) is 42.5 Å². The van der Waals surface area contributed by atoms with Crippen LogP contribution in [0.1, 0.15) is 30.0 Å². The van der Waals surface area contributed by atoms with Gasteiger partial charge in [-0.2, -0.15) is 0 Å². The van der Waals surface area contributed by atoms with Gasteiger partial charge in [0.25, 0.3) is 0 Å². The first-order valence-electron chi connectivity index (χ1n) is 9.52. The molecule has 0 spiro atoms. The summed E-state index contributed by atoms with van der Waals surface area (Å²) in [4.78, 5) is 14.6. The van der Waals surface area contributed by atoms with Crippen molar-refractivity contribution in [1.82, 2.24) is 10.2 Å². The predicted molar refractivity (Wildman–Crippen MR) is 106 cm³/mol. The van der Waals surface area contributed by atoms with Gasteiger partial charge in [-0.15, -0.1) is 0 Å². The van der Waals surface area contributed by atoms with Gasteiger partial charge in [-0.3, -0.25) is 9.69 Å². The van der Waals surface area contributed by atoms with Crippen LogP contribution in [-0.4, -0.2) is 44.2 Å². The molecule has 1 amide bonds. The van der Waals surface area contributed by atoms with Gasteiger partial charge >= 0.3 is 0 Å². The minimum Gasteiger partial charge on any atom is -0.497 e. The van der Waals surface area contributed by atoms with E-state index in [2.05, 4.69) is 22.3 Å². The van der Waals surface area contributed by atoms with Crippen LogP contribution in [0.15, 0.2) is 54.6 Å². The molecule has 1 heterocycles. The van der Waals surface area contributed by atoms with Crippen molar-refractivity contribution < 1.29 is 14.3 Å². The van der Waals surface area contributed by atoms with Gasteiger partial charge < -0.3 is 14.8 Å². The first-order valence-corrected chi connectivity index (χ1v) is 9.52. The van der Waals surface area contributed by atoms with Gasteiger partial charge in [0.15, 0.2) is 0 Å². The maximum atomic E-state index is 12.2. The van der Waals surface area contributed by atoms with Crippen LogP contribution in [0.5, 0.6) is 5.75 Å². The van der Waals surface area contributed by atoms with Crippen molar-refractivity contribution in [2.24, 2.45) is 0 Å². The van der Waals surface area contributed by atoms with E-state index in [0.29, 0.717) is 13.2 Å². The standard InChI is InChI=1S/C22H28N2O3/c1-26-20-11-9-19(10-12-20)21(24-13-5-6-14-24)15-23-22(25)17-27-16-18-7-3-2-4-8-18/h2-4,7-12,21H,5-6,13-17H2,1H3,(H,23,25). The van der Waals surface area contributed by atoms with Crippen LogP contribution < -0.4 is 10.1 Å². The average Bonchev–Trinajstić information content (AvgIpc) is 3.24. The molecule has 1 aliphatic rings. The molecule has 144 valence electrons. The van der Waals surface area contributed by atoms with Crippen LogP contribution in [0, 0.1) is 0 Å². The van der Waals surface area contributed by atoms with Crippen molar-refractivity contribution in [3.05, 3.63) is 65.7 Å². The quantitative estimate of drug-likeness (QED) is 0.739. The molecule has 1 fully saturated rings. The first kappa shape index (κ1) is 19.4. The number of nitrogens with zero attached hydrogens (tertiary/aromatic N) is 1. The van der Waals surface area contributed by atoms with Gasteiger partial charge in [0.2, 0.25) is 5.91 Å². The number of amides is 1. The third-order valence-electron chi connectivity index (χ3n) is 4.92. The Labute approximate surface area is 161 Å². The Kier molecular flexibility index (Phi) is 7.25. The van der Waals surface area contributed by atoms with Crippen molar-refractivity contribution in [2.45, 2.75) is 25.5 Å². The normalized spacial score (nSPS) is 15.4. The van der Waals surface area contributed by atoms with Crippen molar-refractivity contribution in [3.8, 4) is 5.75 Å². The summed E-state index contributed by atoms with van der Waals surface area (Å²) in [5.41, 5.74) is 2.27. The molecule has 1 N–H and O–H groups in total. The van der Waals surface area contributed by atoms with Crippen LogP contribution in [0.3, 0.4) is 0 Å². The molecule has 3 rings (SSSR count). The minimum atomic E-state index is -0.0800. The van der Waals surface area contributed by atoms with Gasteiger partial charge in [0, 0.05) is 6.54 Å². The molecule has 1 aliphatic heterocycles. The molecule has 1 saturated heterocycles. The molecule has 27 heavy (non-hydrogen) atoms. The number of ether oxygens (including phenoxy) is 2. The number of carbonyl (C=O) groups excluding carboxylic acids is 1. The summed E-state index contributed by atoms with van der Waals surface area (Å²) in [6.07, 6.45) is 2.42. The minimum absolute atomic E-state index is 0.0736. The second-order valence-corrected chi connectivity index (χ2v) is 6.81. The Morgan fingerprint density at radius 2 is 1.78 bits per heavy atom. The van der Waals surface area contributed by atoms with Gasteiger partial charge in [0.1, 0.15) is 12.4 Å². The van der Waals surface area contributed by atoms with Crippen molar-refractivity contribution in [2.75, 3.05) is 33.4 Å². The fourth-order valence-electron chi connectivity index (χ4n) is 3.43. The second-order valence-electron chi connectivity index (χ2n) is 6.81. The molecule has 5 nitrogen and oxygen atoms in total. The highest BCUT2D eigenvalue weighted by molar-refractivity contribution is 5.77. The van der Waals surface area contributed by atoms with E-state index in [-0.39, 0.29) is 18.6 Å². The molecular weight excluding hydrogens is 340 g/mol. The number of nitrogens with one attached hydrogen (secondary N) is 1. The highest BCUT2D eigenvalue weighted by Gasteiger charge is 2.24. The van der Waals surface area contributed by atoms with E-state index in [0.717, 1.165) is 24.4 Å². The third kappa shape index (κ3) is 5.81. The highest BCUT2D eigenvalue weighted by Crippen LogP contribution is 2.26. The lowest BCUT2D eigenvalue weighted by Gasteiger charge is -2.28. The predicted octanol–water partition coefficient (Wildman–Crippen LogP) is 3.17. The summed E-state index contributed by atoms with van der Waals surface area (Å²) in [6.45, 7) is 3.24. The lowest BCUT2D eigenvalue weighted by molar-refractivity contribution is -0.126. The summed E-state index contributed by atoms with van der Waals surface area (Å²) in [5.74, 6) is 0.765. The van der Waals surface area contributed by atoms with Crippen LogP contribution in [-0.2, 0) is 16.1 Å². The molecule has 2 aromatic carbocycles. The molecule has 0 aromatic heterocycles. The number of rotatable bonds is 9. The lowest BCUT2D eigenvalue weighted by atomic mass is 10.1. The highest BCUT2D eigenvalue weighted by atomic mass is 16.5. The van der Waals surface area contributed by atoms with Gasteiger partial charge in [0.05, 0.1) is 19.8 Å². The maximum absolute atomic E-state index is 12.2. The first-order chi connectivity index (χ1) is 13.3.